The van der Waals surface area contributed by atoms with Crippen LogP contribution in [-0.2, 0) is 7.05 Å². The zero-order valence-corrected chi connectivity index (χ0v) is 12.9. The van der Waals surface area contributed by atoms with Crippen LogP contribution in [-0.4, -0.2) is 22.4 Å². The van der Waals surface area contributed by atoms with Crippen molar-refractivity contribution in [1.29, 1.82) is 0 Å². The van der Waals surface area contributed by atoms with Gasteiger partial charge in [0.05, 0.1) is 0 Å². The molecule has 2 rings (SSSR count). The Balaban J connectivity index is 2.09. The van der Waals surface area contributed by atoms with Crippen molar-refractivity contribution in [3.8, 4) is 0 Å². The molecule has 1 fully saturated rings. The maximum absolute atomic E-state index is 4.37. The van der Waals surface area contributed by atoms with Gasteiger partial charge in [0.2, 0.25) is 0 Å². The molecule has 0 spiro atoms. The van der Waals surface area contributed by atoms with E-state index in [1.807, 2.05) is 6.20 Å². The van der Waals surface area contributed by atoms with Crippen molar-refractivity contribution in [3.05, 3.63) is 18.0 Å². The van der Waals surface area contributed by atoms with Gasteiger partial charge in [-0.15, -0.1) is 0 Å². The highest BCUT2D eigenvalue weighted by Gasteiger charge is 2.32. The normalized spacial score (nSPS) is 27.9. The van der Waals surface area contributed by atoms with Crippen LogP contribution in [0.3, 0.4) is 0 Å². The highest BCUT2D eigenvalue weighted by atomic mass is 15.3. The Hall–Kier alpha value is -0.830. The Bertz CT molecular complexity index is 383. The van der Waals surface area contributed by atoms with E-state index in [-0.39, 0.29) is 0 Å². The van der Waals surface area contributed by atoms with Crippen LogP contribution in [0, 0.1) is 11.8 Å². The van der Waals surface area contributed by atoms with E-state index in [1.165, 1.54) is 31.4 Å². The average Bonchev–Trinajstić information content (AvgIpc) is 2.82. The first-order valence-corrected chi connectivity index (χ1v) is 7.83. The quantitative estimate of drug-likeness (QED) is 0.883. The largest absolute Gasteiger partial charge is 0.314 e. The highest BCUT2D eigenvalue weighted by molar-refractivity contribution is 5.11. The number of rotatable bonds is 5. The molecule has 3 nitrogen and oxygen atoms in total. The van der Waals surface area contributed by atoms with Crippen molar-refractivity contribution in [2.24, 2.45) is 18.9 Å². The summed E-state index contributed by atoms with van der Waals surface area (Å²) in [4.78, 5) is 0. The number of aryl methyl sites for hydroxylation is 1. The lowest BCUT2D eigenvalue weighted by molar-refractivity contribution is 0.216. The Morgan fingerprint density at radius 2 is 2.21 bits per heavy atom. The van der Waals surface area contributed by atoms with Gasteiger partial charge in [0.15, 0.2) is 0 Å². The summed E-state index contributed by atoms with van der Waals surface area (Å²) in [5.41, 5.74) is 1.42. The molecule has 1 heterocycles. The molecular formula is C16H29N3. The molecule has 1 aliphatic rings. The predicted octanol–water partition coefficient (Wildman–Crippen LogP) is 3.33. The molecule has 0 aliphatic heterocycles. The lowest BCUT2D eigenvalue weighted by Gasteiger charge is -2.36. The van der Waals surface area contributed by atoms with Crippen molar-refractivity contribution in [1.82, 2.24) is 15.1 Å². The molecule has 1 aliphatic carbocycles. The Morgan fingerprint density at radius 1 is 1.42 bits per heavy atom. The molecule has 1 aromatic rings. The predicted molar refractivity (Wildman–Crippen MR) is 80.2 cm³/mol. The summed E-state index contributed by atoms with van der Waals surface area (Å²) in [6, 6.07) is 2.79. The van der Waals surface area contributed by atoms with E-state index in [2.05, 4.69) is 49.0 Å². The van der Waals surface area contributed by atoms with Crippen LogP contribution in [0.5, 0.6) is 0 Å². The summed E-state index contributed by atoms with van der Waals surface area (Å²) < 4.78 is 2.07. The van der Waals surface area contributed by atoms with E-state index >= 15 is 0 Å². The fourth-order valence-corrected chi connectivity index (χ4v) is 3.43. The van der Waals surface area contributed by atoms with Crippen LogP contribution in [0.25, 0.3) is 0 Å². The first-order chi connectivity index (χ1) is 9.11. The van der Waals surface area contributed by atoms with E-state index in [4.69, 9.17) is 0 Å². The molecular weight excluding hydrogens is 234 g/mol. The molecule has 0 aromatic carbocycles. The van der Waals surface area contributed by atoms with E-state index in [0.29, 0.717) is 12.0 Å². The van der Waals surface area contributed by atoms with E-state index in [1.54, 1.807) is 0 Å². The summed E-state index contributed by atoms with van der Waals surface area (Å²) in [6.07, 6.45) is 7.35. The first kappa shape index (κ1) is 14.6. The molecule has 0 bridgehead atoms. The minimum atomic E-state index is 0.580. The van der Waals surface area contributed by atoms with Gasteiger partial charge in [0.25, 0.3) is 0 Å². The molecule has 1 N–H and O–H groups in total. The van der Waals surface area contributed by atoms with Crippen LogP contribution >= 0.6 is 0 Å². The monoisotopic (exact) mass is 263 g/mol. The smallest absolute Gasteiger partial charge is 0.0492 e. The van der Waals surface area contributed by atoms with Gasteiger partial charge in [-0.3, -0.25) is 4.68 Å². The molecule has 19 heavy (non-hydrogen) atoms. The molecule has 108 valence electrons. The maximum Gasteiger partial charge on any atom is 0.0492 e. The maximum atomic E-state index is 4.37. The zero-order valence-electron chi connectivity index (χ0n) is 12.9. The summed E-state index contributed by atoms with van der Waals surface area (Å²) in [5, 5.41) is 8.00. The lowest BCUT2D eigenvalue weighted by atomic mass is 9.71. The van der Waals surface area contributed by atoms with Gasteiger partial charge in [-0.25, -0.2) is 0 Å². The fourth-order valence-electron chi connectivity index (χ4n) is 3.43. The van der Waals surface area contributed by atoms with Crippen molar-refractivity contribution in [3.63, 3.8) is 0 Å². The van der Waals surface area contributed by atoms with Gasteiger partial charge in [-0.05, 0) is 37.3 Å². The minimum Gasteiger partial charge on any atom is -0.314 e. The van der Waals surface area contributed by atoms with E-state index in [0.717, 1.165) is 18.4 Å². The van der Waals surface area contributed by atoms with Crippen LogP contribution in [0.4, 0.5) is 0 Å². The van der Waals surface area contributed by atoms with Gasteiger partial charge in [-0.1, -0.05) is 33.6 Å². The summed E-state index contributed by atoms with van der Waals surface area (Å²) in [5.74, 6) is 2.34. The molecule has 3 unspecified atom stereocenters. The van der Waals surface area contributed by atoms with Crippen LogP contribution in [0.1, 0.15) is 58.1 Å². The third-order valence-corrected chi connectivity index (χ3v) is 4.71. The van der Waals surface area contributed by atoms with E-state index in [9.17, 15) is 0 Å². The fraction of sp³-hybridized carbons (Fsp3) is 0.812. The molecule has 3 heteroatoms. The lowest BCUT2D eigenvalue weighted by Crippen LogP contribution is -2.35. The second-order valence-electron chi connectivity index (χ2n) is 6.40. The number of hydrogen-bond donors (Lipinski definition) is 1. The molecule has 0 amide bonds. The van der Waals surface area contributed by atoms with Crippen molar-refractivity contribution >= 4 is 0 Å². The second-order valence-corrected chi connectivity index (χ2v) is 6.40. The summed E-state index contributed by atoms with van der Waals surface area (Å²) in [7, 11) is 2.08. The zero-order chi connectivity index (χ0) is 13.8. The van der Waals surface area contributed by atoms with Crippen LogP contribution < -0.4 is 5.32 Å². The third kappa shape index (κ3) is 3.59. The first-order valence-electron chi connectivity index (χ1n) is 7.83. The molecule has 0 saturated heterocycles. The number of nitrogens with zero attached hydrogens (tertiary/aromatic N) is 2. The van der Waals surface area contributed by atoms with Crippen molar-refractivity contribution in [2.75, 3.05) is 6.54 Å². The second kappa shape index (κ2) is 6.56. The van der Waals surface area contributed by atoms with Gasteiger partial charge in [0.1, 0.15) is 0 Å². The summed E-state index contributed by atoms with van der Waals surface area (Å²) in [6.45, 7) is 7.94. The number of hydrogen-bond acceptors (Lipinski definition) is 2. The molecule has 1 saturated carbocycles. The minimum absolute atomic E-state index is 0.580. The Labute approximate surface area is 117 Å². The highest BCUT2D eigenvalue weighted by Crippen LogP contribution is 2.41. The average molecular weight is 263 g/mol. The topological polar surface area (TPSA) is 29.9 Å². The van der Waals surface area contributed by atoms with Crippen LogP contribution in [0.2, 0.25) is 0 Å². The van der Waals surface area contributed by atoms with Gasteiger partial charge in [0, 0.05) is 30.9 Å². The standard InChI is InChI=1S/C16H29N3/c1-5-13-6-7-14(11-17-12(2)3)15(10-13)16-8-9-18-19(16)4/h8-9,12-15,17H,5-7,10-11H2,1-4H3. The summed E-state index contributed by atoms with van der Waals surface area (Å²) >= 11 is 0. The van der Waals surface area contributed by atoms with Gasteiger partial charge in [-0.2, -0.15) is 5.10 Å². The SMILES string of the molecule is CCC1CCC(CNC(C)C)C(c2ccnn2C)C1. The van der Waals surface area contributed by atoms with Crippen molar-refractivity contribution < 1.29 is 0 Å². The molecule has 0 radical (unpaired) electrons. The van der Waals surface area contributed by atoms with Gasteiger partial charge < -0.3 is 5.32 Å². The number of nitrogens with one attached hydrogen (secondary N) is 1. The Kier molecular flexibility index (Phi) is 5.03. The van der Waals surface area contributed by atoms with Crippen LogP contribution in [0.15, 0.2) is 12.3 Å². The van der Waals surface area contributed by atoms with E-state index < -0.39 is 0 Å². The number of aromatic nitrogens is 2. The molecule has 1 aromatic heterocycles. The van der Waals surface area contributed by atoms with Crippen molar-refractivity contribution in [2.45, 2.75) is 58.4 Å². The molecule has 3 atom stereocenters. The van der Waals surface area contributed by atoms with Gasteiger partial charge >= 0.3 is 0 Å². The third-order valence-electron chi connectivity index (χ3n) is 4.71. The Morgan fingerprint density at radius 3 is 2.79 bits per heavy atom.